The Bertz CT molecular complexity index is 1750. The molecule has 52 heavy (non-hydrogen) atoms. The molecule has 11 heteroatoms. The van der Waals surface area contributed by atoms with Crippen molar-refractivity contribution in [2.75, 3.05) is 39.5 Å². The van der Waals surface area contributed by atoms with Gasteiger partial charge in [-0.1, -0.05) is 101 Å². The monoisotopic (exact) mass is 788 g/mol. The molecule has 0 atom stereocenters. The summed E-state index contributed by atoms with van der Waals surface area (Å²) in [5.41, 5.74) is 10.9. The lowest BCUT2D eigenvalue weighted by Gasteiger charge is -2.38. The van der Waals surface area contributed by atoms with Crippen LogP contribution in [0.4, 0.5) is 0 Å². The third kappa shape index (κ3) is 11.7. The molecule has 1 amide bonds. The summed E-state index contributed by atoms with van der Waals surface area (Å²) in [5, 5.41) is 13.9. The van der Waals surface area contributed by atoms with Gasteiger partial charge < -0.3 is 25.6 Å². The van der Waals surface area contributed by atoms with Crippen LogP contribution in [0.25, 0.3) is 0 Å². The SMILES string of the molecule is C.Cc1ccc(Cl)c(C(=O)NCC2(c3ccc(Cl)cc3)CCOCC2)c1.Cc1ccc(Cl)c(C(=O)O)c1.NCC1(c2ccc(Cl)cc2)CCOCC1. The Kier molecular flexibility index (Phi) is 16.9. The fourth-order valence-corrected chi connectivity index (χ4v) is 6.92. The van der Waals surface area contributed by atoms with Gasteiger partial charge in [-0.3, -0.25) is 4.79 Å². The zero-order valence-electron chi connectivity index (χ0n) is 28.8. The molecule has 2 heterocycles. The zero-order valence-corrected chi connectivity index (χ0v) is 31.8. The minimum absolute atomic E-state index is 0. The first-order valence-corrected chi connectivity index (χ1v) is 18.3. The van der Waals surface area contributed by atoms with Gasteiger partial charge in [-0.2, -0.15) is 0 Å². The topological polar surface area (TPSA) is 111 Å². The second-order valence-corrected chi connectivity index (χ2v) is 14.6. The van der Waals surface area contributed by atoms with Gasteiger partial charge in [0.2, 0.25) is 0 Å². The van der Waals surface area contributed by atoms with Gasteiger partial charge in [-0.15, -0.1) is 0 Å². The molecule has 4 N–H and O–H groups in total. The number of aromatic carboxylic acids is 1. The first-order valence-electron chi connectivity index (χ1n) is 16.8. The number of aryl methyl sites for hydroxylation is 2. The van der Waals surface area contributed by atoms with Gasteiger partial charge in [-0.05, 0) is 99.2 Å². The number of benzene rings is 4. The average molecular weight is 791 g/mol. The molecule has 4 aromatic rings. The largest absolute Gasteiger partial charge is 0.478 e. The number of halogens is 4. The van der Waals surface area contributed by atoms with Crippen LogP contribution in [0.2, 0.25) is 20.1 Å². The Balaban J connectivity index is 0.000000230. The van der Waals surface area contributed by atoms with Gasteiger partial charge in [0.25, 0.3) is 5.91 Å². The Labute approximate surface area is 327 Å². The van der Waals surface area contributed by atoms with E-state index >= 15 is 0 Å². The molecule has 280 valence electrons. The minimum Gasteiger partial charge on any atom is -0.478 e. The lowest BCUT2D eigenvalue weighted by atomic mass is 9.74. The van der Waals surface area contributed by atoms with Gasteiger partial charge in [0.05, 0.1) is 21.2 Å². The lowest BCUT2D eigenvalue weighted by molar-refractivity contribution is 0.0487. The van der Waals surface area contributed by atoms with Crippen LogP contribution in [-0.4, -0.2) is 56.5 Å². The smallest absolute Gasteiger partial charge is 0.337 e. The molecule has 0 radical (unpaired) electrons. The molecular formula is C41H48Cl4N2O5. The highest BCUT2D eigenvalue weighted by Crippen LogP contribution is 2.36. The zero-order chi connectivity index (χ0) is 37.0. The van der Waals surface area contributed by atoms with E-state index in [0.717, 1.165) is 55.0 Å². The van der Waals surface area contributed by atoms with Gasteiger partial charge in [0.1, 0.15) is 0 Å². The molecule has 0 unspecified atom stereocenters. The maximum atomic E-state index is 12.6. The molecule has 0 aromatic heterocycles. The second kappa shape index (κ2) is 20.4. The van der Waals surface area contributed by atoms with Crippen LogP contribution < -0.4 is 11.1 Å². The molecule has 2 fully saturated rings. The number of nitrogens with one attached hydrogen (secondary N) is 1. The van der Waals surface area contributed by atoms with Gasteiger partial charge in [0.15, 0.2) is 0 Å². The van der Waals surface area contributed by atoms with E-state index in [1.165, 1.54) is 11.1 Å². The number of nitrogens with two attached hydrogens (primary N) is 1. The normalized spacial score (nSPS) is 15.8. The van der Waals surface area contributed by atoms with Gasteiger partial charge >= 0.3 is 5.97 Å². The van der Waals surface area contributed by atoms with Crippen molar-refractivity contribution in [1.29, 1.82) is 0 Å². The summed E-state index contributed by atoms with van der Waals surface area (Å²) in [5.74, 6) is -1.13. The van der Waals surface area contributed by atoms with Crippen molar-refractivity contribution in [3.63, 3.8) is 0 Å². The quantitative estimate of drug-likeness (QED) is 0.172. The van der Waals surface area contributed by atoms with Crippen molar-refractivity contribution in [3.8, 4) is 0 Å². The Hall–Kier alpha value is -3.14. The number of carboxylic acids is 1. The maximum Gasteiger partial charge on any atom is 0.337 e. The van der Waals surface area contributed by atoms with Crippen LogP contribution in [-0.2, 0) is 20.3 Å². The third-order valence-corrected chi connectivity index (χ3v) is 10.7. The molecule has 0 spiro atoms. The Morgan fingerprint density at radius 2 is 1.08 bits per heavy atom. The van der Waals surface area contributed by atoms with E-state index in [1.807, 2.05) is 62.4 Å². The van der Waals surface area contributed by atoms with Crippen molar-refractivity contribution in [1.82, 2.24) is 5.32 Å². The first-order chi connectivity index (χ1) is 24.4. The number of carbonyl (C=O) groups excluding carboxylic acids is 1. The molecule has 0 bridgehead atoms. The van der Waals surface area contributed by atoms with E-state index in [1.54, 1.807) is 24.3 Å². The molecule has 4 aromatic carbocycles. The molecule has 7 nitrogen and oxygen atoms in total. The van der Waals surface area contributed by atoms with Crippen LogP contribution >= 0.6 is 46.4 Å². The number of ether oxygens (including phenoxy) is 2. The summed E-state index contributed by atoms with van der Waals surface area (Å²) in [7, 11) is 0. The van der Waals surface area contributed by atoms with Crippen molar-refractivity contribution >= 4 is 58.3 Å². The van der Waals surface area contributed by atoms with E-state index in [0.29, 0.717) is 41.9 Å². The highest BCUT2D eigenvalue weighted by atomic mass is 35.5. The highest BCUT2D eigenvalue weighted by molar-refractivity contribution is 6.34. The Morgan fingerprint density at radius 3 is 1.50 bits per heavy atom. The predicted octanol–water partition coefficient (Wildman–Crippen LogP) is 10.1. The van der Waals surface area contributed by atoms with Crippen LogP contribution in [0.15, 0.2) is 84.9 Å². The van der Waals surface area contributed by atoms with Crippen LogP contribution in [0.3, 0.4) is 0 Å². The van der Waals surface area contributed by atoms with Crippen LogP contribution in [0, 0.1) is 13.8 Å². The van der Waals surface area contributed by atoms with Crippen LogP contribution in [0.5, 0.6) is 0 Å². The van der Waals surface area contributed by atoms with E-state index < -0.39 is 5.97 Å². The maximum absolute atomic E-state index is 12.6. The molecule has 0 saturated carbocycles. The third-order valence-electron chi connectivity index (χ3n) is 9.51. The van der Waals surface area contributed by atoms with Gasteiger partial charge in [-0.25, -0.2) is 4.79 Å². The molecule has 6 rings (SSSR count). The van der Waals surface area contributed by atoms with E-state index in [9.17, 15) is 9.59 Å². The standard InChI is InChI=1S/C20H21Cl2NO2.C12H16ClNO.C8H7ClO2.CH4/c1-14-2-7-18(22)17(12-14)19(24)23-13-20(8-10-25-11-9-20)15-3-5-16(21)6-4-15;13-11-3-1-10(2-4-11)12(9-14)5-7-15-8-6-12;1-5-2-3-7(9)6(4-5)8(10)11;/h2-7,12H,8-11,13H2,1H3,(H,23,24);1-4H,5-9,14H2;2-4H,1H3,(H,10,11);1H4. The molecular weight excluding hydrogens is 742 g/mol. The van der Waals surface area contributed by atoms with Crippen molar-refractivity contribution < 1.29 is 24.2 Å². The van der Waals surface area contributed by atoms with Crippen molar-refractivity contribution in [3.05, 3.63) is 138 Å². The van der Waals surface area contributed by atoms with Crippen molar-refractivity contribution in [2.45, 2.75) is 57.8 Å². The number of rotatable bonds is 7. The fourth-order valence-electron chi connectivity index (χ4n) is 6.27. The molecule has 2 aliphatic rings. The average Bonchev–Trinajstić information content (AvgIpc) is 3.14. The summed E-state index contributed by atoms with van der Waals surface area (Å²) in [6.07, 6.45) is 3.73. The predicted molar refractivity (Wildman–Crippen MR) is 214 cm³/mol. The highest BCUT2D eigenvalue weighted by Gasteiger charge is 2.35. The summed E-state index contributed by atoms with van der Waals surface area (Å²) in [4.78, 5) is 23.1. The minimum atomic E-state index is -0.987. The summed E-state index contributed by atoms with van der Waals surface area (Å²) in [6.45, 7) is 7.97. The van der Waals surface area contributed by atoms with Crippen molar-refractivity contribution in [2.24, 2.45) is 5.73 Å². The molecule has 2 aliphatic heterocycles. The fraction of sp³-hybridized carbons (Fsp3) is 0.366. The number of amides is 1. The molecule has 2 saturated heterocycles. The van der Waals surface area contributed by atoms with E-state index in [4.69, 9.17) is 66.7 Å². The lowest BCUT2D eigenvalue weighted by Crippen LogP contribution is -2.44. The summed E-state index contributed by atoms with van der Waals surface area (Å²) in [6, 6.07) is 26.3. The molecule has 0 aliphatic carbocycles. The van der Waals surface area contributed by atoms with E-state index in [-0.39, 0.29) is 34.7 Å². The summed E-state index contributed by atoms with van der Waals surface area (Å²) < 4.78 is 10.9. The Morgan fingerprint density at radius 1 is 0.673 bits per heavy atom. The summed E-state index contributed by atoms with van der Waals surface area (Å²) >= 11 is 23.7. The van der Waals surface area contributed by atoms with Crippen LogP contribution in [0.1, 0.15) is 76.1 Å². The number of carbonyl (C=O) groups is 2. The van der Waals surface area contributed by atoms with E-state index in [2.05, 4.69) is 17.4 Å². The number of hydrogen-bond acceptors (Lipinski definition) is 5. The van der Waals surface area contributed by atoms with Gasteiger partial charge in [0, 0.05) is 60.4 Å². The number of hydrogen-bond donors (Lipinski definition) is 3. The number of carboxylic acid groups (broad SMARTS) is 1. The second-order valence-electron chi connectivity index (χ2n) is 13.0. The first kappa shape index (κ1) is 43.3.